The monoisotopic (exact) mass is 954 g/mol. The summed E-state index contributed by atoms with van der Waals surface area (Å²) in [5.74, 6) is 0.266. The number of pyridine rings is 1. The minimum atomic E-state index is -4.58. The van der Waals surface area contributed by atoms with Gasteiger partial charge in [-0.1, -0.05) is 42.5 Å². The molecule has 1 atom stereocenters. The number of benzene rings is 4. The molecule has 69 heavy (non-hydrogen) atoms. The van der Waals surface area contributed by atoms with E-state index < -0.39 is 31.4 Å². The van der Waals surface area contributed by atoms with Crippen LogP contribution >= 0.6 is 0 Å². The van der Waals surface area contributed by atoms with Gasteiger partial charge >= 0.3 is 0 Å². The molecule has 6 aromatic rings. The highest BCUT2D eigenvalue weighted by Crippen LogP contribution is 2.42. The molecule has 0 aliphatic carbocycles. The first-order valence-corrected chi connectivity index (χ1v) is 25.2. The molecule has 2 aromatic heterocycles. The Kier molecular flexibility index (Phi) is 14.3. The molecule has 5 heterocycles. The number of fused-ring (bicyclic) bond motifs is 1. The molecule has 2 amide bonds. The predicted molar refractivity (Wildman–Crippen MR) is 265 cm³/mol. The topological polar surface area (TPSA) is 192 Å². The number of nitro groups is 1. The van der Waals surface area contributed by atoms with Crippen molar-refractivity contribution in [1.82, 2.24) is 24.5 Å². The van der Waals surface area contributed by atoms with Crippen LogP contribution in [0.5, 0.6) is 11.5 Å². The molecule has 0 spiro atoms. The quantitative estimate of drug-likeness (QED) is 0.0618. The zero-order chi connectivity index (χ0) is 48.1. The van der Waals surface area contributed by atoms with Crippen LogP contribution in [0.2, 0.25) is 0 Å². The molecule has 0 saturated carbocycles. The van der Waals surface area contributed by atoms with Crippen LogP contribution in [0.25, 0.3) is 22.2 Å². The second-order valence-electron chi connectivity index (χ2n) is 18.3. The number of nitrogens with zero attached hydrogens (tertiary/aromatic N) is 5. The van der Waals surface area contributed by atoms with Gasteiger partial charge in [0.15, 0.2) is 0 Å². The summed E-state index contributed by atoms with van der Waals surface area (Å²) in [7, 11) is -2.73. The number of likely N-dealkylation sites (tertiary alicyclic amines) is 1. The van der Waals surface area contributed by atoms with Gasteiger partial charge in [0.2, 0.25) is 5.91 Å². The molecule has 4 aromatic carbocycles. The molecule has 3 aliphatic heterocycles. The molecule has 17 heteroatoms. The predicted octanol–water partition coefficient (Wildman–Crippen LogP) is 8.89. The van der Waals surface area contributed by atoms with Crippen molar-refractivity contribution in [2.45, 2.75) is 62.3 Å². The van der Waals surface area contributed by atoms with Crippen LogP contribution in [0, 0.1) is 16.0 Å². The Morgan fingerprint density at radius 1 is 0.913 bits per heavy atom. The Morgan fingerprint density at radius 3 is 2.42 bits per heavy atom. The van der Waals surface area contributed by atoms with E-state index in [2.05, 4.69) is 66.2 Å². The number of aromatic amines is 1. The lowest BCUT2D eigenvalue weighted by Gasteiger charge is -2.35. The molecular weight excluding hydrogens is 897 g/mol. The zero-order valence-corrected chi connectivity index (χ0v) is 39.8. The Labute approximate surface area is 402 Å². The van der Waals surface area contributed by atoms with Crippen molar-refractivity contribution in [3.63, 3.8) is 0 Å². The van der Waals surface area contributed by atoms with Crippen molar-refractivity contribution in [3.05, 3.63) is 136 Å². The fourth-order valence-electron chi connectivity index (χ4n) is 9.84. The number of anilines is 2. The summed E-state index contributed by atoms with van der Waals surface area (Å²) in [6, 6.07) is 29.6. The second kappa shape index (κ2) is 20.8. The van der Waals surface area contributed by atoms with Gasteiger partial charge < -0.3 is 34.5 Å². The molecule has 360 valence electrons. The van der Waals surface area contributed by atoms with Gasteiger partial charge in [-0.15, -0.1) is 0 Å². The first-order chi connectivity index (χ1) is 33.4. The van der Waals surface area contributed by atoms with Crippen molar-refractivity contribution in [2.75, 3.05) is 69.7 Å². The molecule has 3 saturated heterocycles. The number of amides is 2. The van der Waals surface area contributed by atoms with Crippen molar-refractivity contribution in [1.29, 1.82) is 0 Å². The van der Waals surface area contributed by atoms with Crippen molar-refractivity contribution >= 4 is 49.9 Å². The van der Waals surface area contributed by atoms with Crippen molar-refractivity contribution in [2.24, 2.45) is 5.92 Å². The largest absolute Gasteiger partial charge is 0.455 e. The smallest absolute Gasteiger partial charge is 0.293 e. The van der Waals surface area contributed by atoms with Crippen LogP contribution in [0.3, 0.4) is 0 Å². The number of hydrogen-bond acceptors (Lipinski definition) is 12. The highest BCUT2D eigenvalue weighted by atomic mass is 32.2. The molecule has 0 bridgehead atoms. The normalized spacial score (nSPS) is 17.2. The van der Waals surface area contributed by atoms with Gasteiger partial charge in [-0.25, -0.2) is 18.1 Å². The van der Waals surface area contributed by atoms with Crippen LogP contribution < -0.4 is 19.7 Å². The molecule has 3 fully saturated rings. The summed E-state index contributed by atoms with van der Waals surface area (Å²) in [5, 5.41) is 16.0. The Hall–Kier alpha value is -6.82. The number of H-pyrrole nitrogens is 1. The number of aromatic nitrogens is 2. The standard InChI is InChI=1S/C52H58N8O8S/c1-35(61)57(2)26-27-58-24-18-38(19-25-58)44-6-3-4-7-45(44)48-8-5-23-59(48)41-12-9-37(10-13-41)39-11-15-46(50(31-39)68-42-30-40-17-22-53-51(40)55-34-42)52(62)56-69(65,66)43-14-16-47(49(32-43)60(63)64)54-33-36-20-28-67-29-21-36/h3-4,6-7,9-17,22,30-32,34,36,38,48,54H,5,8,18-21,23-29,33H2,1-2H3,(H,53,55)(H,56,62)/t48-/m1/s1. The third kappa shape index (κ3) is 10.9. The van der Waals surface area contributed by atoms with Crippen LogP contribution in [0.1, 0.15) is 78.9 Å². The molecule has 3 N–H and O–H groups in total. The fourth-order valence-corrected chi connectivity index (χ4v) is 10.8. The van der Waals surface area contributed by atoms with Gasteiger partial charge in [0.25, 0.3) is 21.6 Å². The maximum absolute atomic E-state index is 14.0. The number of sulfonamides is 1. The number of nitrogens with one attached hydrogen (secondary N) is 3. The second-order valence-corrected chi connectivity index (χ2v) is 20.0. The Morgan fingerprint density at radius 2 is 1.67 bits per heavy atom. The Bertz CT molecular complexity index is 2930. The van der Waals surface area contributed by atoms with Crippen LogP contribution in [0.15, 0.2) is 114 Å². The minimum Gasteiger partial charge on any atom is -0.455 e. The lowest BCUT2D eigenvalue weighted by Crippen LogP contribution is -2.39. The van der Waals surface area contributed by atoms with Gasteiger partial charge in [-0.2, -0.15) is 0 Å². The van der Waals surface area contributed by atoms with E-state index in [1.165, 1.54) is 35.5 Å². The summed E-state index contributed by atoms with van der Waals surface area (Å²) in [6.45, 7) is 7.89. The van der Waals surface area contributed by atoms with E-state index in [9.17, 15) is 28.1 Å². The molecule has 16 nitrogen and oxygen atoms in total. The lowest BCUT2D eigenvalue weighted by molar-refractivity contribution is -0.384. The molecule has 0 radical (unpaired) electrons. The van der Waals surface area contributed by atoms with Crippen LogP contribution in [0.4, 0.5) is 17.1 Å². The van der Waals surface area contributed by atoms with E-state index >= 15 is 0 Å². The third-order valence-corrected chi connectivity index (χ3v) is 15.2. The van der Waals surface area contributed by atoms with E-state index in [4.69, 9.17) is 9.47 Å². The molecule has 0 unspecified atom stereocenters. The summed E-state index contributed by atoms with van der Waals surface area (Å²) in [4.78, 5) is 51.0. The number of hydrogen-bond donors (Lipinski definition) is 3. The summed E-state index contributed by atoms with van der Waals surface area (Å²) < 4.78 is 41.4. The first-order valence-electron chi connectivity index (χ1n) is 23.7. The van der Waals surface area contributed by atoms with E-state index in [-0.39, 0.29) is 34.9 Å². The maximum Gasteiger partial charge on any atom is 0.293 e. The lowest BCUT2D eigenvalue weighted by atomic mass is 9.84. The maximum atomic E-state index is 14.0. The van der Waals surface area contributed by atoms with Gasteiger partial charge in [0.1, 0.15) is 22.8 Å². The molecule has 9 rings (SSSR count). The highest BCUT2D eigenvalue weighted by molar-refractivity contribution is 7.90. The summed E-state index contributed by atoms with van der Waals surface area (Å²) >= 11 is 0. The first kappa shape index (κ1) is 47.3. The van der Waals surface area contributed by atoms with Gasteiger partial charge in [-0.05, 0) is 134 Å². The average Bonchev–Trinajstić information content (AvgIpc) is 4.06. The van der Waals surface area contributed by atoms with Crippen molar-refractivity contribution < 1.29 is 32.4 Å². The highest BCUT2D eigenvalue weighted by Gasteiger charge is 2.32. The third-order valence-electron chi connectivity index (χ3n) is 13.9. The average molecular weight is 955 g/mol. The SMILES string of the molecule is CC(=O)N(C)CCN1CCC(c2ccccc2[C@H]2CCCN2c2ccc(-c3ccc(C(=O)NS(=O)(=O)c4ccc(NCC5CCOCC5)c([N+](=O)[O-])c4)c(Oc4cnc5[nH]ccc5c4)c3)cc2)CC1. The van der Waals surface area contributed by atoms with Gasteiger partial charge in [-0.3, -0.25) is 19.7 Å². The number of carbonyl (C=O) groups excluding carboxylic acids is 2. The van der Waals surface area contributed by atoms with E-state index in [1.54, 1.807) is 36.2 Å². The number of piperidine rings is 1. The number of rotatable bonds is 16. The molecular formula is C52H58N8O8S. The minimum absolute atomic E-state index is 0.0674. The van der Waals surface area contributed by atoms with E-state index in [0.717, 1.165) is 99.5 Å². The van der Waals surface area contributed by atoms with Crippen LogP contribution in [-0.2, 0) is 19.6 Å². The van der Waals surface area contributed by atoms with Crippen LogP contribution in [-0.4, -0.2) is 104 Å². The number of ether oxygens (including phenoxy) is 2. The van der Waals surface area contributed by atoms with E-state index in [1.807, 2.05) is 25.2 Å². The summed E-state index contributed by atoms with van der Waals surface area (Å²) in [5.41, 5.74) is 5.84. The van der Waals surface area contributed by atoms with Gasteiger partial charge in [0, 0.05) is 76.7 Å². The number of nitro benzene ring substituents is 1. The Balaban J connectivity index is 0.933. The fraction of sp³-hybridized carbons (Fsp3) is 0.365. The van der Waals surface area contributed by atoms with Crippen molar-refractivity contribution in [3.8, 4) is 22.6 Å². The number of carbonyl (C=O) groups is 2. The number of likely N-dealkylation sites (N-methyl/N-ethyl adjacent to an activating group) is 1. The summed E-state index contributed by atoms with van der Waals surface area (Å²) in [6.07, 6.45) is 9.18. The zero-order valence-electron chi connectivity index (χ0n) is 38.9. The van der Waals surface area contributed by atoms with Gasteiger partial charge in [0.05, 0.1) is 27.6 Å². The van der Waals surface area contributed by atoms with E-state index in [0.29, 0.717) is 37.1 Å². The molecule has 3 aliphatic rings.